The molecule has 0 unspecified atom stereocenters. The Bertz CT molecular complexity index is 497. The van der Waals surface area contributed by atoms with Crippen LogP contribution in [0.1, 0.15) is 37.6 Å². The summed E-state index contributed by atoms with van der Waals surface area (Å²) in [6.07, 6.45) is 0.952. The molecule has 1 aliphatic heterocycles. The highest BCUT2D eigenvalue weighted by Crippen LogP contribution is 2.24. The molecule has 0 bridgehead atoms. The number of carbonyl (C=O) groups is 1. The van der Waals surface area contributed by atoms with Crippen LogP contribution in [0.15, 0.2) is 29.3 Å². The van der Waals surface area contributed by atoms with E-state index in [2.05, 4.69) is 24.2 Å². The smallest absolute Gasteiger partial charge is 0.254 e. The number of aliphatic imine (C=N–C) groups is 1. The summed E-state index contributed by atoms with van der Waals surface area (Å²) in [6.45, 7) is 6.66. The highest BCUT2D eigenvalue weighted by atomic mass is 16.5. The van der Waals surface area contributed by atoms with Gasteiger partial charge in [-0.15, -0.1) is 0 Å². The molecule has 2 rings (SSSR count). The average Bonchev–Trinajstić information content (AvgIpc) is 2.56. The maximum atomic E-state index is 12.2. The summed E-state index contributed by atoms with van der Waals surface area (Å²) in [5, 5.41) is 3.03. The van der Waals surface area contributed by atoms with Gasteiger partial charge in [0.15, 0.2) is 0 Å². The van der Waals surface area contributed by atoms with E-state index in [0.29, 0.717) is 23.8 Å². The second kappa shape index (κ2) is 5.87. The zero-order chi connectivity index (χ0) is 13.8. The van der Waals surface area contributed by atoms with Gasteiger partial charge < -0.3 is 10.1 Å². The molecule has 1 heterocycles. The van der Waals surface area contributed by atoms with E-state index >= 15 is 0 Å². The number of rotatable bonds is 3. The van der Waals surface area contributed by atoms with E-state index < -0.39 is 0 Å². The van der Waals surface area contributed by atoms with Gasteiger partial charge in [-0.1, -0.05) is 32.4 Å². The molecule has 1 amide bonds. The summed E-state index contributed by atoms with van der Waals surface area (Å²) in [5.74, 6) is 0.804. The second-order valence-corrected chi connectivity index (χ2v) is 4.74. The fourth-order valence-electron chi connectivity index (χ4n) is 2.12. The van der Waals surface area contributed by atoms with Gasteiger partial charge in [-0.2, -0.15) is 0 Å². The van der Waals surface area contributed by atoms with E-state index in [1.807, 2.05) is 25.1 Å². The first-order valence-corrected chi connectivity index (χ1v) is 6.78. The van der Waals surface area contributed by atoms with E-state index in [1.54, 1.807) is 6.07 Å². The molecule has 0 saturated carbocycles. The molecule has 0 saturated heterocycles. The van der Waals surface area contributed by atoms with E-state index in [1.165, 1.54) is 0 Å². The highest BCUT2D eigenvalue weighted by Gasteiger charge is 2.29. The Kier molecular flexibility index (Phi) is 4.20. The van der Waals surface area contributed by atoms with Crippen molar-refractivity contribution in [3.8, 4) is 0 Å². The molecule has 0 aliphatic carbocycles. The molecule has 19 heavy (non-hydrogen) atoms. The summed E-state index contributed by atoms with van der Waals surface area (Å²) < 4.78 is 5.64. The molecule has 1 aliphatic rings. The van der Waals surface area contributed by atoms with E-state index in [-0.39, 0.29) is 17.9 Å². The molecule has 1 aromatic rings. The SMILES string of the molecule is CCOC1=Nc2ccccc2C(=O)N[C@H]1[C@@H](C)CC. The van der Waals surface area contributed by atoms with Crippen LogP contribution in [0, 0.1) is 5.92 Å². The molecule has 0 aromatic heterocycles. The van der Waals surface area contributed by atoms with Crippen molar-refractivity contribution in [3.05, 3.63) is 29.8 Å². The molecular weight excluding hydrogens is 240 g/mol. The van der Waals surface area contributed by atoms with Crippen molar-refractivity contribution in [2.75, 3.05) is 6.61 Å². The van der Waals surface area contributed by atoms with Gasteiger partial charge in [-0.25, -0.2) is 4.99 Å². The Morgan fingerprint density at radius 2 is 2.11 bits per heavy atom. The Hall–Kier alpha value is -1.84. The lowest BCUT2D eigenvalue weighted by Crippen LogP contribution is -2.45. The van der Waals surface area contributed by atoms with Crippen molar-refractivity contribution in [1.29, 1.82) is 0 Å². The molecule has 0 spiro atoms. The maximum absolute atomic E-state index is 12.2. The highest BCUT2D eigenvalue weighted by molar-refractivity contribution is 6.04. The first kappa shape index (κ1) is 13.6. The number of nitrogens with zero attached hydrogens (tertiary/aromatic N) is 1. The summed E-state index contributed by atoms with van der Waals surface area (Å²) >= 11 is 0. The van der Waals surface area contributed by atoms with Gasteiger partial charge in [-0.3, -0.25) is 4.79 Å². The zero-order valence-electron chi connectivity index (χ0n) is 11.6. The van der Waals surface area contributed by atoms with Crippen molar-refractivity contribution in [2.45, 2.75) is 33.2 Å². The summed E-state index contributed by atoms with van der Waals surface area (Å²) in [6, 6.07) is 7.19. The molecule has 2 atom stereocenters. The maximum Gasteiger partial charge on any atom is 0.254 e. The lowest BCUT2D eigenvalue weighted by Gasteiger charge is -2.23. The van der Waals surface area contributed by atoms with Gasteiger partial charge in [0.25, 0.3) is 5.91 Å². The third-order valence-corrected chi connectivity index (χ3v) is 3.44. The van der Waals surface area contributed by atoms with Gasteiger partial charge in [-0.05, 0) is 25.0 Å². The molecule has 0 radical (unpaired) electrons. The quantitative estimate of drug-likeness (QED) is 0.908. The van der Waals surface area contributed by atoms with Gasteiger partial charge in [0, 0.05) is 0 Å². The lowest BCUT2D eigenvalue weighted by molar-refractivity contribution is 0.0934. The van der Waals surface area contributed by atoms with Crippen molar-refractivity contribution in [3.63, 3.8) is 0 Å². The molecule has 1 N–H and O–H groups in total. The van der Waals surface area contributed by atoms with Crippen LogP contribution in [0.2, 0.25) is 0 Å². The number of amides is 1. The number of benzene rings is 1. The number of fused-ring (bicyclic) bond motifs is 1. The Morgan fingerprint density at radius 1 is 1.37 bits per heavy atom. The van der Waals surface area contributed by atoms with Crippen LogP contribution in [-0.2, 0) is 4.74 Å². The molecule has 0 fully saturated rings. The molecule has 4 nitrogen and oxygen atoms in total. The summed E-state index contributed by atoms with van der Waals surface area (Å²) in [4.78, 5) is 16.8. The Morgan fingerprint density at radius 3 is 2.79 bits per heavy atom. The lowest BCUT2D eigenvalue weighted by atomic mass is 9.99. The van der Waals surface area contributed by atoms with E-state index in [9.17, 15) is 4.79 Å². The Labute approximate surface area is 113 Å². The summed E-state index contributed by atoms with van der Waals surface area (Å²) in [7, 11) is 0. The Balaban J connectivity index is 2.44. The number of hydrogen-bond donors (Lipinski definition) is 1. The molecule has 4 heteroatoms. The fraction of sp³-hybridized carbons (Fsp3) is 0.467. The third kappa shape index (κ3) is 2.78. The monoisotopic (exact) mass is 260 g/mol. The number of para-hydroxylation sites is 1. The van der Waals surface area contributed by atoms with Crippen LogP contribution in [0.4, 0.5) is 5.69 Å². The van der Waals surface area contributed by atoms with Gasteiger partial charge in [0.05, 0.1) is 17.9 Å². The molecule has 1 aromatic carbocycles. The number of ether oxygens (including phenoxy) is 1. The van der Waals surface area contributed by atoms with E-state index in [4.69, 9.17) is 4.74 Å². The molecule has 102 valence electrons. The normalized spacial score (nSPS) is 19.8. The standard InChI is InChI=1S/C15H20N2O2/c1-4-10(3)13-15(19-5-2)16-12-9-7-6-8-11(12)14(18)17-13/h6-10,13H,4-5H2,1-3H3,(H,17,18)/t10-,13-/m0/s1. The topological polar surface area (TPSA) is 50.7 Å². The largest absolute Gasteiger partial charge is 0.480 e. The average molecular weight is 260 g/mol. The van der Waals surface area contributed by atoms with Gasteiger partial charge >= 0.3 is 0 Å². The third-order valence-electron chi connectivity index (χ3n) is 3.44. The van der Waals surface area contributed by atoms with Crippen molar-refractivity contribution in [2.24, 2.45) is 10.9 Å². The number of carbonyl (C=O) groups excluding carboxylic acids is 1. The van der Waals surface area contributed by atoms with Crippen LogP contribution in [0.25, 0.3) is 0 Å². The van der Waals surface area contributed by atoms with Crippen LogP contribution in [0.5, 0.6) is 0 Å². The zero-order valence-corrected chi connectivity index (χ0v) is 11.6. The van der Waals surface area contributed by atoms with Crippen molar-refractivity contribution >= 4 is 17.5 Å². The van der Waals surface area contributed by atoms with Gasteiger partial charge in [0.1, 0.15) is 6.04 Å². The second-order valence-electron chi connectivity index (χ2n) is 4.74. The first-order valence-electron chi connectivity index (χ1n) is 6.78. The summed E-state index contributed by atoms with van der Waals surface area (Å²) in [5.41, 5.74) is 1.28. The van der Waals surface area contributed by atoms with Crippen molar-refractivity contribution in [1.82, 2.24) is 5.32 Å². The minimum Gasteiger partial charge on any atom is -0.480 e. The predicted octanol–water partition coefficient (Wildman–Crippen LogP) is 2.91. The predicted molar refractivity (Wildman–Crippen MR) is 75.9 cm³/mol. The fourth-order valence-corrected chi connectivity index (χ4v) is 2.12. The van der Waals surface area contributed by atoms with Crippen molar-refractivity contribution < 1.29 is 9.53 Å². The van der Waals surface area contributed by atoms with Crippen LogP contribution in [-0.4, -0.2) is 24.5 Å². The minimum atomic E-state index is -0.162. The van der Waals surface area contributed by atoms with E-state index in [0.717, 1.165) is 6.42 Å². The minimum absolute atomic E-state index is 0.0839. The van der Waals surface area contributed by atoms with Crippen LogP contribution >= 0.6 is 0 Å². The molecular formula is C15H20N2O2. The van der Waals surface area contributed by atoms with Crippen LogP contribution in [0.3, 0.4) is 0 Å². The first-order chi connectivity index (χ1) is 9.17. The van der Waals surface area contributed by atoms with Crippen LogP contribution < -0.4 is 5.32 Å². The number of hydrogen-bond acceptors (Lipinski definition) is 3. The number of nitrogens with one attached hydrogen (secondary N) is 1. The van der Waals surface area contributed by atoms with Gasteiger partial charge in [0.2, 0.25) is 5.90 Å².